The lowest BCUT2D eigenvalue weighted by Gasteiger charge is -2.26. The summed E-state index contributed by atoms with van der Waals surface area (Å²) in [4.78, 5) is 27.0. The summed E-state index contributed by atoms with van der Waals surface area (Å²) in [5.41, 5.74) is 4.13. The van der Waals surface area contributed by atoms with E-state index in [1.54, 1.807) is 12.1 Å². The van der Waals surface area contributed by atoms with Gasteiger partial charge in [-0.2, -0.15) is 0 Å². The fraction of sp³-hybridized carbons (Fsp3) is 0.393. The molecule has 2 aliphatic rings. The molecule has 0 N–H and O–H groups in total. The largest absolute Gasteiger partial charge is 0.354 e. The van der Waals surface area contributed by atoms with E-state index in [2.05, 4.69) is 22.0 Å². The van der Waals surface area contributed by atoms with Gasteiger partial charge in [0.25, 0.3) is 0 Å². The van der Waals surface area contributed by atoms with Crippen molar-refractivity contribution in [2.75, 3.05) is 31.1 Å². The number of amides is 1. The summed E-state index contributed by atoms with van der Waals surface area (Å²) < 4.78 is 13.8. The third-order valence-electron chi connectivity index (χ3n) is 7.02. The lowest BCUT2D eigenvalue weighted by atomic mass is 10.0. The number of anilines is 1. The lowest BCUT2D eigenvalue weighted by Crippen LogP contribution is -2.36. The highest BCUT2D eigenvalue weighted by Crippen LogP contribution is 2.48. The highest BCUT2D eigenvalue weighted by atomic mass is 19.1. The maximum absolute atomic E-state index is 13.8. The summed E-state index contributed by atoms with van der Waals surface area (Å²) in [6.45, 7) is 6.95. The van der Waals surface area contributed by atoms with Crippen molar-refractivity contribution in [3.05, 3.63) is 88.6 Å². The minimum absolute atomic E-state index is 0.112. The molecule has 1 saturated carbocycles. The van der Waals surface area contributed by atoms with E-state index in [0.717, 1.165) is 60.9 Å². The molecule has 1 amide bonds. The fourth-order valence-corrected chi connectivity index (χ4v) is 5.16. The number of halogens is 1. The van der Waals surface area contributed by atoms with Crippen LogP contribution in [0.1, 0.15) is 47.0 Å². The number of carbonyl (C=O) groups excluding carboxylic acids is 1. The first-order valence-corrected chi connectivity index (χ1v) is 12.2. The van der Waals surface area contributed by atoms with Crippen LogP contribution < -0.4 is 4.90 Å². The van der Waals surface area contributed by atoms with Crippen molar-refractivity contribution in [2.45, 2.75) is 39.0 Å². The summed E-state index contributed by atoms with van der Waals surface area (Å²) in [6.07, 6.45) is 2.43. The number of carbonyl (C=O) groups is 1. The summed E-state index contributed by atoms with van der Waals surface area (Å²) in [5.74, 6) is 2.17. The Bertz CT molecular complexity index is 1180. The van der Waals surface area contributed by atoms with Crippen molar-refractivity contribution in [3.63, 3.8) is 0 Å². The molecule has 5 nitrogen and oxygen atoms in total. The van der Waals surface area contributed by atoms with Gasteiger partial charge in [-0.05, 0) is 55.9 Å². The number of aromatic nitrogens is 2. The molecular formula is C28H31FN4O. The monoisotopic (exact) mass is 458 g/mol. The van der Waals surface area contributed by atoms with E-state index in [-0.39, 0.29) is 17.6 Å². The molecule has 1 aliphatic heterocycles. The molecule has 5 rings (SSSR count). The summed E-state index contributed by atoms with van der Waals surface area (Å²) in [7, 11) is 0. The van der Waals surface area contributed by atoms with Crippen LogP contribution in [-0.2, 0) is 11.2 Å². The van der Waals surface area contributed by atoms with Crippen LogP contribution in [0.4, 0.5) is 10.2 Å². The first-order chi connectivity index (χ1) is 16.5. The molecule has 2 aromatic carbocycles. The Morgan fingerprint density at radius 1 is 1.00 bits per heavy atom. The van der Waals surface area contributed by atoms with Gasteiger partial charge in [0.15, 0.2) is 0 Å². The predicted molar refractivity (Wildman–Crippen MR) is 131 cm³/mol. The van der Waals surface area contributed by atoms with Gasteiger partial charge in [0.05, 0.1) is 0 Å². The number of benzene rings is 2. The highest BCUT2D eigenvalue weighted by Gasteiger charge is 2.45. The van der Waals surface area contributed by atoms with Crippen molar-refractivity contribution in [2.24, 2.45) is 5.92 Å². The maximum atomic E-state index is 13.8. The zero-order valence-electron chi connectivity index (χ0n) is 19.9. The van der Waals surface area contributed by atoms with Crippen LogP contribution >= 0.6 is 0 Å². The van der Waals surface area contributed by atoms with Crippen LogP contribution in [0.3, 0.4) is 0 Å². The normalized spacial score (nSPS) is 20.2. The predicted octanol–water partition coefficient (Wildman–Crippen LogP) is 4.67. The van der Waals surface area contributed by atoms with E-state index < -0.39 is 0 Å². The van der Waals surface area contributed by atoms with Crippen molar-refractivity contribution in [1.29, 1.82) is 0 Å². The van der Waals surface area contributed by atoms with Crippen molar-refractivity contribution >= 4 is 11.7 Å². The Morgan fingerprint density at radius 3 is 2.62 bits per heavy atom. The highest BCUT2D eigenvalue weighted by molar-refractivity contribution is 5.83. The Balaban J connectivity index is 1.30. The van der Waals surface area contributed by atoms with E-state index in [0.29, 0.717) is 18.9 Å². The number of aryl methyl sites for hydroxylation is 2. The van der Waals surface area contributed by atoms with Crippen LogP contribution in [0.2, 0.25) is 0 Å². The van der Waals surface area contributed by atoms with E-state index >= 15 is 0 Å². The van der Waals surface area contributed by atoms with Gasteiger partial charge < -0.3 is 9.80 Å². The summed E-state index contributed by atoms with van der Waals surface area (Å²) in [5, 5.41) is 0. The van der Waals surface area contributed by atoms with Crippen LogP contribution in [0.25, 0.3) is 0 Å². The Kier molecular flexibility index (Phi) is 6.31. The molecule has 0 radical (unpaired) electrons. The minimum atomic E-state index is -0.234. The summed E-state index contributed by atoms with van der Waals surface area (Å²) in [6, 6.07) is 17.1. The molecule has 1 aliphatic carbocycles. The van der Waals surface area contributed by atoms with Gasteiger partial charge in [-0.25, -0.2) is 14.4 Å². The van der Waals surface area contributed by atoms with Crippen LogP contribution in [0, 0.1) is 25.6 Å². The van der Waals surface area contributed by atoms with Gasteiger partial charge in [0.1, 0.15) is 17.5 Å². The average molecular weight is 459 g/mol. The van der Waals surface area contributed by atoms with E-state index in [9.17, 15) is 9.18 Å². The maximum Gasteiger partial charge on any atom is 0.226 e. The molecular weight excluding hydrogens is 427 g/mol. The standard InChI is InChI=1S/C28H31FN4O/c1-19-24(17-21-8-6-11-23(29)16-21)27(31-20(2)30-19)32-12-7-13-33(15-14-32)28(34)26-18-25(26)22-9-4-3-5-10-22/h3-6,8-11,16,25-26H,7,12-15,17-18H2,1-2H3. The van der Waals surface area contributed by atoms with Gasteiger partial charge in [-0.15, -0.1) is 0 Å². The molecule has 176 valence electrons. The van der Waals surface area contributed by atoms with Gasteiger partial charge in [0.2, 0.25) is 5.91 Å². The molecule has 34 heavy (non-hydrogen) atoms. The SMILES string of the molecule is Cc1nc(C)c(Cc2cccc(F)c2)c(N2CCCN(C(=O)C3CC3c3ccccc3)CC2)n1. The van der Waals surface area contributed by atoms with Crippen molar-refractivity contribution in [1.82, 2.24) is 14.9 Å². The van der Waals surface area contributed by atoms with Gasteiger partial charge in [-0.1, -0.05) is 42.5 Å². The molecule has 0 spiro atoms. The zero-order chi connectivity index (χ0) is 23.7. The zero-order valence-corrected chi connectivity index (χ0v) is 19.9. The van der Waals surface area contributed by atoms with E-state index in [1.165, 1.54) is 11.6 Å². The fourth-order valence-electron chi connectivity index (χ4n) is 5.16. The molecule has 1 aromatic heterocycles. The number of rotatable bonds is 5. The van der Waals surface area contributed by atoms with Crippen molar-refractivity contribution < 1.29 is 9.18 Å². The molecule has 2 atom stereocenters. The molecule has 0 bridgehead atoms. The van der Waals surface area contributed by atoms with Crippen LogP contribution in [-0.4, -0.2) is 47.0 Å². The molecule has 6 heteroatoms. The summed E-state index contributed by atoms with van der Waals surface area (Å²) >= 11 is 0. The lowest BCUT2D eigenvalue weighted by molar-refractivity contribution is -0.132. The van der Waals surface area contributed by atoms with Gasteiger partial charge in [0, 0.05) is 49.8 Å². The number of nitrogens with zero attached hydrogens (tertiary/aromatic N) is 4. The molecule has 2 fully saturated rings. The first-order valence-electron chi connectivity index (χ1n) is 12.2. The van der Waals surface area contributed by atoms with Gasteiger partial charge >= 0.3 is 0 Å². The number of hydrogen-bond donors (Lipinski definition) is 0. The smallest absolute Gasteiger partial charge is 0.226 e. The molecule has 1 saturated heterocycles. The Morgan fingerprint density at radius 2 is 1.82 bits per heavy atom. The second-order valence-electron chi connectivity index (χ2n) is 9.49. The second kappa shape index (κ2) is 9.53. The van der Waals surface area contributed by atoms with E-state index in [4.69, 9.17) is 4.98 Å². The van der Waals surface area contributed by atoms with Crippen LogP contribution in [0.5, 0.6) is 0 Å². The van der Waals surface area contributed by atoms with E-state index in [1.807, 2.05) is 43.0 Å². The van der Waals surface area contributed by atoms with Crippen molar-refractivity contribution in [3.8, 4) is 0 Å². The molecule has 3 aromatic rings. The third-order valence-corrected chi connectivity index (χ3v) is 7.02. The Hall–Kier alpha value is -3.28. The van der Waals surface area contributed by atoms with Crippen LogP contribution in [0.15, 0.2) is 54.6 Å². The first kappa shape index (κ1) is 22.5. The molecule has 2 heterocycles. The Labute approximate surface area is 200 Å². The number of hydrogen-bond acceptors (Lipinski definition) is 4. The quantitative estimate of drug-likeness (QED) is 0.558. The average Bonchev–Trinajstić information content (AvgIpc) is 3.65. The minimum Gasteiger partial charge on any atom is -0.354 e. The topological polar surface area (TPSA) is 49.3 Å². The third kappa shape index (κ3) is 4.81. The molecule has 2 unspecified atom stereocenters. The van der Waals surface area contributed by atoms with Gasteiger partial charge in [-0.3, -0.25) is 4.79 Å². The second-order valence-corrected chi connectivity index (χ2v) is 9.49.